The van der Waals surface area contributed by atoms with Crippen molar-refractivity contribution in [1.29, 1.82) is 0 Å². The van der Waals surface area contributed by atoms with Gasteiger partial charge >= 0.3 is 0 Å². The van der Waals surface area contributed by atoms with Crippen molar-refractivity contribution in [3.63, 3.8) is 0 Å². The van der Waals surface area contributed by atoms with Gasteiger partial charge in [-0.25, -0.2) is 0 Å². The average molecular weight is 390 g/mol. The van der Waals surface area contributed by atoms with Crippen LogP contribution in [0.5, 0.6) is 0 Å². The summed E-state index contributed by atoms with van der Waals surface area (Å²) in [4.78, 5) is 0.783. The van der Waals surface area contributed by atoms with Gasteiger partial charge in [0, 0.05) is 27.4 Å². The summed E-state index contributed by atoms with van der Waals surface area (Å²) in [6.07, 6.45) is 0. The molecule has 0 radical (unpaired) electrons. The zero-order chi connectivity index (χ0) is 18.0. The molecule has 1 heterocycles. The molecule has 0 amide bonds. The summed E-state index contributed by atoms with van der Waals surface area (Å²) in [6.45, 7) is 5.91. The van der Waals surface area contributed by atoms with Crippen LogP contribution in [0.15, 0.2) is 58.0 Å². The van der Waals surface area contributed by atoms with Crippen LogP contribution in [0, 0.1) is 6.92 Å². The molecular formula is C19H17Cl2N3S. The topological polar surface area (TPSA) is 29.6 Å². The molecule has 128 valence electrons. The monoisotopic (exact) mass is 389 g/mol. The summed E-state index contributed by atoms with van der Waals surface area (Å²) >= 11 is 14.0. The van der Waals surface area contributed by atoms with Crippen molar-refractivity contribution in [2.75, 3.05) is 0 Å². The van der Waals surface area contributed by atoms with E-state index >= 15 is 0 Å². The van der Waals surface area contributed by atoms with Crippen LogP contribution in [0.1, 0.15) is 19.4 Å². The molecule has 0 saturated heterocycles. The maximum absolute atomic E-state index is 6.43. The van der Waals surface area contributed by atoms with Crippen LogP contribution in [0.3, 0.4) is 0 Å². The SMILES string of the molecule is CC(C)=N/N=c1/scc(-c2ccc(Cl)cc2Cl)n1-c1ccc(C)cc1. The second-order valence-corrected chi connectivity index (χ2v) is 7.53. The molecule has 25 heavy (non-hydrogen) atoms. The first-order valence-electron chi connectivity index (χ1n) is 7.73. The number of aryl methyl sites for hydroxylation is 1. The highest BCUT2D eigenvalue weighted by Gasteiger charge is 2.13. The van der Waals surface area contributed by atoms with Crippen LogP contribution in [0.4, 0.5) is 0 Å². The Morgan fingerprint density at radius 1 is 1.04 bits per heavy atom. The molecule has 0 bridgehead atoms. The fourth-order valence-corrected chi connectivity index (χ4v) is 3.70. The summed E-state index contributed by atoms with van der Waals surface area (Å²) in [5, 5.41) is 11.9. The Hall–Kier alpha value is -1.88. The number of benzene rings is 2. The Labute approximate surface area is 160 Å². The molecule has 2 aromatic carbocycles. The molecule has 3 rings (SSSR count). The van der Waals surface area contributed by atoms with E-state index in [-0.39, 0.29) is 0 Å². The van der Waals surface area contributed by atoms with Crippen molar-refractivity contribution in [3.8, 4) is 16.9 Å². The number of rotatable bonds is 3. The first-order valence-corrected chi connectivity index (χ1v) is 9.37. The lowest BCUT2D eigenvalue weighted by Gasteiger charge is -2.11. The first kappa shape index (κ1) is 17.9. The number of nitrogens with zero attached hydrogens (tertiary/aromatic N) is 3. The minimum absolute atomic E-state index is 0.605. The average Bonchev–Trinajstić information content (AvgIpc) is 2.97. The van der Waals surface area contributed by atoms with Gasteiger partial charge in [-0.1, -0.05) is 40.9 Å². The van der Waals surface area contributed by atoms with E-state index in [4.69, 9.17) is 23.2 Å². The smallest absolute Gasteiger partial charge is 0.215 e. The molecule has 1 aromatic heterocycles. The number of hydrogen-bond acceptors (Lipinski definition) is 3. The van der Waals surface area contributed by atoms with E-state index < -0.39 is 0 Å². The van der Waals surface area contributed by atoms with E-state index in [1.165, 1.54) is 16.9 Å². The number of halogens is 2. The van der Waals surface area contributed by atoms with Crippen molar-refractivity contribution >= 4 is 40.3 Å². The van der Waals surface area contributed by atoms with Crippen LogP contribution < -0.4 is 4.80 Å². The molecule has 0 saturated carbocycles. The zero-order valence-electron chi connectivity index (χ0n) is 14.1. The molecule has 3 nitrogen and oxygen atoms in total. The van der Waals surface area contributed by atoms with Gasteiger partial charge in [-0.05, 0) is 51.1 Å². The van der Waals surface area contributed by atoms with Crippen LogP contribution in [0.2, 0.25) is 10.0 Å². The van der Waals surface area contributed by atoms with Gasteiger partial charge in [-0.3, -0.25) is 4.57 Å². The first-order chi connectivity index (χ1) is 12.0. The number of thiazole rings is 1. The molecule has 0 unspecified atom stereocenters. The Kier molecular flexibility index (Phi) is 5.42. The van der Waals surface area contributed by atoms with Crippen molar-refractivity contribution in [2.24, 2.45) is 10.2 Å². The Morgan fingerprint density at radius 3 is 2.40 bits per heavy atom. The predicted octanol–water partition coefficient (Wildman–Crippen LogP) is 6.12. The van der Waals surface area contributed by atoms with Gasteiger partial charge in [0.05, 0.1) is 10.7 Å². The Morgan fingerprint density at radius 2 is 1.76 bits per heavy atom. The maximum atomic E-state index is 6.43. The summed E-state index contributed by atoms with van der Waals surface area (Å²) in [5.74, 6) is 0. The standard InChI is InChI=1S/C19H17Cl2N3S/c1-12(2)22-23-19-24(15-7-4-13(3)5-8-15)18(11-25-19)16-9-6-14(20)10-17(16)21/h4-11H,1-3H3/b23-19+. The van der Waals surface area contributed by atoms with Gasteiger partial charge in [0.25, 0.3) is 0 Å². The third-order valence-corrected chi connectivity index (χ3v) is 4.91. The highest BCUT2D eigenvalue weighted by molar-refractivity contribution is 7.07. The van der Waals surface area contributed by atoms with Gasteiger partial charge in [0.2, 0.25) is 4.80 Å². The molecule has 0 spiro atoms. The predicted molar refractivity (Wildman–Crippen MR) is 108 cm³/mol. The molecule has 0 aliphatic carbocycles. The van der Waals surface area contributed by atoms with Gasteiger partial charge in [-0.2, -0.15) is 5.10 Å². The van der Waals surface area contributed by atoms with Gasteiger partial charge in [0.1, 0.15) is 0 Å². The second-order valence-electron chi connectivity index (χ2n) is 5.85. The van der Waals surface area contributed by atoms with Crippen LogP contribution in [-0.2, 0) is 0 Å². The zero-order valence-corrected chi connectivity index (χ0v) is 16.5. The lowest BCUT2D eigenvalue weighted by molar-refractivity contribution is 0.968. The largest absolute Gasteiger partial charge is 0.284 e. The number of hydrogen-bond donors (Lipinski definition) is 0. The summed E-state index contributed by atoms with van der Waals surface area (Å²) < 4.78 is 2.06. The van der Waals surface area contributed by atoms with Crippen LogP contribution in [-0.4, -0.2) is 10.3 Å². The minimum atomic E-state index is 0.605. The lowest BCUT2D eigenvalue weighted by Crippen LogP contribution is -2.13. The highest BCUT2D eigenvalue weighted by atomic mass is 35.5. The Balaban J connectivity index is 2.28. The van der Waals surface area contributed by atoms with Crippen LogP contribution in [0.25, 0.3) is 16.9 Å². The molecular weight excluding hydrogens is 373 g/mol. The molecule has 6 heteroatoms. The van der Waals surface area contributed by atoms with Gasteiger partial charge in [0.15, 0.2) is 0 Å². The van der Waals surface area contributed by atoms with Gasteiger partial charge < -0.3 is 0 Å². The van der Waals surface area contributed by atoms with E-state index in [0.717, 1.165) is 27.5 Å². The highest BCUT2D eigenvalue weighted by Crippen LogP contribution is 2.32. The normalized spacial score (nSPS) is 11.6. The molecule has 0 aliphatic rings. The Bertz CT molecular complexity index is 994. The number of aromatic nitrogens is 1. The third kappa shape index (κ3) is 4.03. The van der Waals surface area contributed by atoms with E-state index in [9.17, 15) is 0 Å². The summed E-state index contributed by atoms with van der Waals surface area (Å²) in [6, 6.07) is 13.8. The maximum Gasteiger partial charge on any atom is 0.215 e. The molecule has 3 aromatic rings. The molecule has 0 atom stereocenters. The molecule has 0 fully saturated rings. The van der Waals surface area contributed by atoms with E-state index in [1.54, 1.807) is 6.07 Å². The van der Waals surface area contributed by atoms with Crippen molar-refractivity contribution in [2.45, 2.75) is 20.8 Å². The summed E-state index contributed by atoms with van der Waals surface area (Å²) in [7, 11) is 0. The molecule has 0 aliphatic heterocycles. The second kappa shape index (κ2) is 7.56. The van der Waals surface area contributed by atoms with Gasteiger partial charge in [-0.15, -0.1) is 16.4 Å². The fourth-order valence-electron chi connectivity index (χ4n) is 2.35. The van der Waals surface area contributed by atoms with Crippen LogP contribution >= 0.6 is 34.5 Å². The molecule has 0 N–H and O–H groups in total. The summed E-state index contributed by atoms with van der Waals surface area (Å²) in [5.41, 5.74) is 4.97. The minimum Gasteiger partial charge on any atom is -0.284 e. The van der Waals surface area contributed by atoms with Crippen molar-refractivity contribution in [1.82, 2.24) is 4.57 Å². The fraction of sp³-hybridized carbons (Fsp3) is 0.158. The lowest BCUT2D eigenvalue weighted by atomic mass is 10.1. The van der Waals surface area contributed by atoms with Crippen molar-refractivity contribution in [3.05, 3.63) is 68.3 Å². The van der Waals surface area contributed by atoms with E-state index in [1.807, 2.05) is 31.4 Å². The van der Waals surface area contributed by atoms with E-state index in [2.05, 4.69) is 46.0 Å². The third-order valence-electron chi connectivity index (χ3n) is 3.54. The quantitative estimate of drug-likeness (QED) is 0.381. The van der Waals surface area contributed by atoms with Crippen molar-refractivity contribution < 1.29 is 0 Å². The van der Waals surface area contributed by atoms with E-state index in [0.29, 0.717) is 10.0 Å².